The summed E-state index contributed by atoms with van der Waals surface area (Å²) in [5, 5.41) is 11.3. The lowest BCUT2D eigenvalue weighted by Crippen LogP contribution is -2.21. The molecule has 0 saturated carbocycles. The van der Waals surface area contributed by atoms with Crippen LogP contribution in [0, 0.1) is 4.77 Å². The number of nitrogens with one attached hydrogen (secondary N) is 1. The minimum atomic E-state index is -1.02. The minimum absolute atomic E-state index is 0.0104. The predicted molar refractivity (Wildman–Crippen MR) is 97.6 cm³/mol. The highest BCUT2D eigenvalue weighted by atomic mass is 35.5. The molecule has 26 heavy (non-hydrogen) atoms. The molecule has 1 unspecified atom stereocenters. The van der Waals surface area contributed by atoms with Crippen molar-refractivity contribution in [2.24, 2.45) is 0 Å². The smallest absolute Gasteiger partial charge is 0.339 e. The highest BCUT2D eigenvalue weighted by molar-refractivity contribution is 7.71. The number of benzene rings is 2. The molecular formula is C18H11ClN2O4S. The molecule has 8 heteroatoms. The zero-order valence-corrected chi connectivity index (χ0v) is 14.7. The van der Waals surface area contributed by atoms with Crippen molar-refractivity contribution in [2.75, 3.05) is 0 Å². The van der Waals surface area contributed by atoms with Crippen LogP contribution >= 0.6 is 23.8 Å². The number of H-pyrrole nitrogens is 1. The molecule has 1 aromatic heterocycles. The molecule has 0 spiro atoms. The third-order valence-corrected chi connectivity index (χ3v) is 4.69. The van der Waals surface area contributed by atoms with Crippen molar-refractivity contribution >= 4 is 29.8 Å². The van der Waals surface area contributed by atoms with E-state index in [1.807, 2.05) is 0 Å². The van der Waals surface area contributed by atoms with E-state index in [2.05, 4.69) is 4.98 Å². The second-order valence-electron chi connectivity index (χ2n) is 5.68. The zero-order chi connectivity index (χ0) is 18.4. The van der Waals surface area contributed by atoms with Gasteiger partial charge in [-0.05, 0) is 42.5 Å². The van der Waals surface area contributed by atoms with Gasteiger partial charge < -0.3 is 9.84 Å². The highest BCUT2D eigenvalue weighted by Gasteiger charge is 2.36. The van der Waals surface area contributed by atoms with E-state index in [1.165, 1.54) is 4.57 Å². The molecule has 1 aliphatic rings. The Hall–Kier alpha value is -2.90. The van der Waals surface area contributed by atoms with Crippen molar-refractivity contribution in [3.63, 3.8) is 0 Å². The van der Waals surface area contributed by atoms with Gasteiger partial charge in [0.1, 0.15) is 5.56 Å². The number of cyclic esters (lactones) is 1. The number of esters is 1. The Morgan fingerprint density at radius 1 is 1.12 bits per heavy atom. The molecule has 2 heterocycles. The summed E-state index contributed by atoms with van der Waals surface area (Å²) in [5.41, 5.74) is 0.668. The van der Waals surface area contributed by atoms with Crippen molar-refractivity contribution in [1.82, 2.24) is 9.55 Å². The third-order valence-electron chi connectivity index (χ3n) is 4.16. The van der Waals surface area contributed by atoms with Gasteiger partial charge in [0.05, 0.1) is 11.3 Å². The molecule has 6 nitrogen and oxygen atoms in total. The molecule has 3 aromatic rings. The number of fused-ring (bicyclic) bond motifs is 1. The summed E-state index contributed by atoms with van der Waals surface area (Å²) in [6.07, 6.45) is -1.02. The molecule has 0 saturated heterocycles. The quantitative estimate of drug-likeness (QED) is 0.520. The van der Waals surface area contributed by atoms with Gasteiger partial charge in [0, 0.05) is 10.6 Å². The van der Waals surface area contributed by atoms with Crippen LogP contribution in [0.15, 0.2) is 53.3 Å². The van der Waals surface area contributed by atoms with Crippen LogP contribution in [0.4, 0.5) is 0 Å². The summed E-state index contributed by atoms with van der Waals surface area (Å²) in [7, 11) is 0. The van der Waals surface area contributed by atoms with E-state index in [9.17, 15) is 14.7 Å². The van der Waals surface area contributed by atoms with E-state index >= 15 is 0 Å². The molecule has 130 valence electrons. The lowest BCUT2D eigenvalue weighted by molar-refractivity contribution is 0.0449. The van der Waals surface area contributed by atoms with Crippen LogP contribution in [0.25, 0.3) is 5.69 Å². The van der Waals surface area contributed by atoms with Crippen molar-refractivity contribution in [1.29, 1.82) is 0 Å². The maximum Gasteiger partial charge on any atom is 0.339 e. The van der Waals surface area contributed by atoms with Crippen molar-refractivity contribution in [3.8, 4) is 11.6 Å². The molecule has 2 N–H and O–H groups in total. The molecule has 0 fully saturated rings. The van der Waals surface area contributed by atoms with E-state index in [0.717, 1.165) is 0 Å². The van der Waals surface area contributed by atoms with E-state index in [-0.39, 0.29) is 10.3 Å². The number of aromatic hydroxyl groups is 1. The maximum absolute atomic E-state index is 12.5. The number of aromatic nitrogens is 2. The Morgan fingerprint density at radius 3 is 2.54 bits per heavy atom. The Balaban J connectivity index is 1.96. The van der Waals surface area contributed by atoms with Crippen LogP contribution in [0.5, 0.6) is 5.88 Å². The van der Waals surface area contributed by atoms with Crippen LogP contribution in [-0.4, -0.2) is 20.6 Å². The molecular weight excluding hydrogens is 376 g/mol. The van der Waals surface area contributed by atoms with Crippen molar-refractivity contribution in [2.45, 2.75) is 6.10 Å². The number of carbonyl (C=O) groups is 1. The van der Waals surface area contributed by atoms with Crippen LogP contribution in [-0.2, 0) is 4.74 Å². The van der Waals surface area contributed by atoms with Gasteiger partial charge in [-0.3, -0.25) is 14.3 Å². The van der Waals surface area contributed by atoms with Crippen molar-refractivity contribution < 1.29 is 14.6 Å². The monoisotopic (exact) mass is 386 g/mol. The summed E-state index contributed by atoms with van der Waals surface area (Å²) in [4.78, 5) is 27.1. The molecule has 4 rings (SSSR count). The summed E-state index contributed by atoms with van der Waals surface area (Å²) in [6.45, 7) is 0. The number of rotatable bonds is 2. The van der Waals surface area contributed by atoms with Gasteiger partial charge in [0.2, 0.25) is 5.88 Å². The lowest BCUT2D eigenvalue weighted by atomic mass is 10.0. The van der Waals surface area contributed by atoms with E-state index in [4.69, 9.17) is 28.6 Å². The Morgan fingerprint density at radius 2 is 1.81 bits per heavy atom. The number of hydrogen-bond donors (Lipinski definition) is 2. The normalized spacial score (nSPS) is 15.6. The third kappa shape index (κ3) is 2.53. The highest BCUT2D eigenvalue weighted by Crippen LogP contribution is 2.38. The predicted octanol–water partition coefficient (Wildman–Crippen LogP) is 3.51. The summed E-state index contributed by atoms with van der Waals surface area (Å²) < 4.78 is 6.64. The first-order chi connectivity index (χ1) is 12.5. The fourth-order valence-corrected chi connectivity index (χ4v) is 3.38. The average Bonchev–Trinajstić information content (AvgIpc) is 2.93. The first-order valence-corrected chi connectivity index (χ1v) is 8.40. The first kappa shape index (κ1) is 16.6. The molecule has 1 aliphatic heterocycles. The van der Waals surface area contributed by atoms with E-state index in [0.29, 0.717) is 21.8 Å². The molecule has 0 aliphatic carbocycles. The minimum Gasteiger partial charge on any atom is -0.494 e. The van der Waals surface area contributed by atoms with Gasteiger partial charge in [-0.15, -0.1) is 0 Å². The Labute approximate surface area is 157 Å². The lowest BCUT2D eigenvalue weighted by Gasteiger charge is -2.16. The molecule has 2 aromatic carbocycles. The van der Waals surface area contributed by atoms with E-state index < -0.39 is 23.5 Å². The SMILES string of the molecule is O=C1OC(c2c(O)n(-c3ccc(Cl)cc3)c(=S)[nH]c2=O)c2ccccc21. The Kier molecular flexibility index (Phi) is 3.90. The van der Waals surface area contributed by atoms with Gasteiger partial charge in [-0.25, -0.2) is 4.79 Å². The van der Waals surface area contributed by atoms with Gasteiger partial charge in [-0.1, -0.05) is 29.8 Å². The van der Waals surface area contributed by atoms with Crippen molar-refractivity contribution in [3.05, 3.63) is 85.4 Å². The molecule has 0 radical (unpaired) electrons. The number of carbonyl (C=O) groups excluding carboxylic acids is 1. The number of nitrogens with zero attached hydrogens (tertiary/aromatic N) is 1. The largest absolute Gasteiger partial charge is 0.494 e. The topological polar surface area (TPSA) is 84.3 Å². The molecule has 0 amide bonds. The van der Waals surface area contributed by atoms with Gasteiger partial charge in [0.25, 0.3) is 5.56 Å². The molecule has 0 bridgehead atoms. The first-order valence-electron chi connectivity index (χ1n) is 7.61. The number of halogens is 1. The van der Waals surface area contributed by atoms with Gasteiger partial charge in [0.15, 0.2) is 10.9 Å². The number of aromatic amines is 1. The number of hydrogen-bond acceptors (Lipinski definition) is 5. The average molecular weight is 387 g/mol. The summed E-state index contributed by atoms with van der Waals surface area (Å²) in [5.74, 6) is -0.944. The standard InChI is InChI=1S/C18H11ClN2O4S/c19-9-5-7-10(8-6-9)21-16(23)13(15(22)20-18(21)26)14-11-3-1-2-4-12(11)17(24)25-14/h1-8,14,23H,(H,20,22,26). The second-order valence-corrected chi connectivity index (χ2v) is 6.50. The zero-order valence-electron chi connectivity index (χ0n) is 13.1. The van der Waals surface area contributed by atoms with Gasteiger partial charge >= 0.3 is 5.97 Å². The number of ether oxygens (including phenoxy) is 1. The summed E-state index contributed by atoms with van der Waals surface area (Å²) in [6, 6.07) is 13.3. The fraction of sp³-hybridized carbons (Fsp3) is 0.0556. The fourth-order valence-electron chi connectivity index (χ4n) is 2.96. The van der Waals surface area contributed by atoms with E-state index in [1.54, 1.807) is 48.5 Å². The van der Waals surface area contributed by atoms with Crippen LogP contribution in [0.2, 0.25) is 5.02 Å². The maximum atomic E-state index is 12.5. The van der Waals surface area contributed by atoms with Crippen LogP contribution in [0.1, 0.15) is 27.6 Å². The van der Waals surface area contributed by atoms with Crippen LogP contribution < -0.4 is 5.56 Å². The summed E-state index contributed by atoms with van der Waals surface area (Å²) >= 11 is 11.1. The van der Waals surface area contributed by atoms with Gasteiger partial charge in [-0.2, -0.15) is 0 Å². The second kappa shape index (κ2) is 6.12. The molecule has 1 atom stereocenters. The van der Waals surface area contributed by atoms with Crippen LogP contribution in [0.3, 0.4) is 0 Å². The Bertz CT molecular complexity index is 1150.